The number of thiazole rings is 1. The molecule has 1 aromatic heterocycles. The van der Waals surface area contributed by atoms with Crippen LogP contribution in [0.2, 0.25) is 5.02 Å². The van der Waals surface area contributed by atoms with Crippen molar-refractivity contribution in [1.82, 2.24) is 4.98 Å². The summed E-state index contributed by atoms with van der Waals surface area (Å²) in [5, 5.41) is 15.1. The highest BCUT2D eigenvalue weighted by Gasteiger charge is 2.08. The maximum Gasteiger partial charge on any atom is 0.303 e. The zero-order valence-electron chi connectivity index (χ0n) is 10.6. The number of halogens is 2. The molecule has 0 aliphatic carbocycles. The monoisotopic (exact) mass is 374 g/mol. The van der Waals surface area contributed by atoms with Crippen molar-refractivity contribution in [2.24, 2.45) is 0 Å². The van der Waals surface area contributed by atoms with Crippen LogP contribution in [0.1, 0.15) is 17.7 Å². The fraction of sp³-hybridized carbons (Fsp3) is 0.231. The van der Waals surface area contributed by atoms with Crippen molar-refractivity contribution in [1.29, 1.82) is 0 Å². The van der Waals surface area contributed by atoms with Gasteiger partial charge in [0.1, 0.15) is 0 Å². The zero-order valence-corrected chi connectivity index (χ0v) is 13.8. The lowest BCUT2D eigenvalue weighted by Crippen LogP contribution is -1.98. The van der Waals surface area contributed by atoms with E-state index in [1.54, 1.807) is 0 Å². The van der Waals surface area contributed by atoms with Crippen LogP contribution in [-0.4, -0.2) is 16.1 Å². The number of anilines is 2. The summed E-state index contributed by atoms with van der Waals surface area (Å²) < 4.78 is 0.904. The first kappa shape index (κ1) is 15.3. The van der Waals surface area contributed by atoms with Crippen LogP contribution in [0.5, 0.6) is 0 Å². The van der Waals surface area contributed by atoms with Crippen LogP contribution in [0.15, 0.2) is 22.0 Å². The predicted molar refractivity (Wildman–Crippen MR) is 85.2 cm³/mol. The molecule has 0 spiro atoms. The normalized spacial score (nSPS) is 10.6. The highest BCUT2D eigenvalue weighted by molar-refractivity contribution is 9.10. The van der Waals surface area contributed by atoms with Crippen molar-refractivity contribution in [2.45, 2.75) is 19.8 Å². The van der Waals surface area contributed by atoms with Gasteiger partial charge in [-0.2, -0.15) is 0 Å². The van der Waals surface area contributed by atoms with Gasteiger partial charge in [0.2, 0.25) is 0 Å². The highest BCUT2D eigenvalue weighted by atomic mass is 79.9. The van der Waals surface area contributed by atoms with Crippen molar-refractivity contribution in [2.75, 3.05) is 5.32 Å². The van der Waals surface area contributed by atoms with E-state index in [1.165, 1.54) is 11.3 Å². The first-order valence-electron chi connectivity index (χ1n) is 5.84. The minimum Gasteiger partial charge on any atom is -0.481 e. The molecule has 0 unspecified atom stereocenters. The molecule has 0 fully saturated rings. The smallest absolute Gasteiger partial charge is 0.303 e. The molecule has 2 N–H and O–H groups in total. The van der Waals surface area contributed by atoms with Gasteiger partial charge in [-0.05, 0) is 40.5 Å². The van der Waals surface area contributed by atoms with Gasteiger partial charge in [-0.15, -0.1) is 11.3 Å². The number of nitrogens with zero attached hydrogens (tertiary/aromatic N) is 1. The Bertz CT molecular complexity index is 645. The molecule has 20 heavy (non-hydrogen) atoms. The molecule has 0 bridgehead atoms. The van der Waals surface area contributed by atoms with Gasteiger partial charge in [-0.3, -0.25) is 4.79 Å². The molecule has 2 aromatic rings. The van der Waals surface area contributed by atoms with E-state index in [2.05, 4.69) is 26.2 Å². The molecule has 0 radical (unpaired) electrons. The SMILES string of the molecule is Cc1cc(Br)c(Nc2nc(CCC(=O)O)cs2)cc1Cl. The van der Waals surface area contributed by atoms with Gasteiger partial charge in [0.25, 0.3) is 0 Å². The lowest BCUT2D eigenvalue weighted by molar-refractivity contribution is -0.136. The Balaban J connectivity index is 2.10. The molecule has 1 aromatic carbocycles. The number of benzene rings is 1. The number of nitrogens with one attached hydrogen (secondary N) is 1. The van der Waals surface area contributed by atoms with Crippen LogP contribution in [-0.2, 0) is 11.2 Å². The van der Waals surface area contributed by atoms with Crippen molar-refractivity contribution in [3.63, 3.8) is 0 Å². The Labute approximate surface area is 133 Å². The van der Waals surface area contributed by atoms with Crippen molar-refractivity contribution in [3.8, 4) is 0 Å². The minimum absolute atomic E-state index is 0.0865. The summed E-state index contributed by atoms with van der Waals surface area (Å²) in [6, 6.07) is 3.77. The van der Waals surface area contributed by atoms with E-state index >= 15 is 0 Å². The largest absolute Gasteiger partial charge is 0.481 e. The molecule has 0 atom stereocenters. The first-order valence-corrected chi connectivity index (χ1v) is 7.89. The third-order valence-corrected chi connectivity index (χ3v) is 4.51. The highest BCUT2D eigenvalue weighted by Crippen LogP contribution is 2.32. The zero-order chi connectivity index (χ0) is 14.7. The molecule has 0 aliphatic rings. The van der Waals surface area contributed by atoms with Crippen LogP contribution in [0.3, 0.4) is 0 Å². The number of carbonyl (C=O) groups is 1. The second-order valence-electron chi connectivity index (χ2n) is 4.24. The Morgan fingerprint density at radius 2 is 2.30 bits per heavy atom. The van der Waals surface area contributed by atoms with E-state index in [1.807, 2.05) is 24.4 Å². The van der Waals surface area contributed by atoms with E-state index in [9.17, 15) is 4.79 Å². The van der Waals surface area contributed by atoms with Crippen LogP contribution in [0, 0.1) is 6.92 Å². The van der Waals surface area contributed by atoms with Crippen LogP contribution < -0.4 is 5.32 Å². The molecule has 0 amide bonds. The summed E-state index contributed by atoms with van der Waals surface area (Å²) in [6.45, 7) is 1.93. The summed E-state index contributed by atoms with van der Waals surface area (Å²) in [6.07, 6.45) is 0.520. The van der Waals surface area contributed by atoms with Gasteiger partial charge in [0.15, 0.2) is 5.13 Å². The van der Waals surface area contributed by atoms with Gasteiger partial charge in [0.05, 0.1) is 17.8 Å². The summed E-state index contributed by atoms with van der Waals surface area (Å²) in [5.74, 6) is -0.819. The molecule has 0 saturated heterocycles. The quantitative estimate of drug-likeness (QED) is 0.800. The average molecular weight is 376 g/mol. The van der Waals surface area contributed by atoms with Crippen LogP contribution in [0.25, 0.3) is 0 Å². The molecule has 0 aliphatic heterocycles. The lowest BCUT2D eigenvalue weighted by Gasteiger charge is -2.08. The van der Waals surface area contributed by atoms with E-state index in [-0.39, 0.29) is 6.42 Å². The standard InChI is InChI=1S/C13H12BrClN2O2S/c1-7-4-9(14)11(5-10(7)15)17-13-16-8(6-20-13)2-3-12(18)19/h4-6H,2-3H2,1H3,(H,16,17)(H,18,19). The minimum atomic E-state index is -0.819. The molecule has 1 heterocycles. The van der Waals surface area contributed by atoms with Gasteiger partial charge < -0.3 is 10.4 Å². The number of carboxylic acid groups (broad SMARTS) is 1. The third-order valence-electron chi connectivity index (χ3n) is 2.64. The Kier molecular flexibility index (Phi) is 5.01. The second-order valence-corrected chi connectivity index (χ2v) is 6.36. The van der Waals surface area contributed by atoms with Gasteiger partial charge >= 0.3 is 5.97 Å². The maximum absolute atomic E-state index is 10.5. The lowest BCUT2D eigenvalue weighted by atomic mass is 10.2. The number of hydrogen-bond acceptors (Lipinski definition) is 4. The van der Waals surface area contributed by atoms with E-state index in [0.717, 1.165) is 21.4 Å². The summed E-state index contributed by atoms with van der Waals surface area (Å²) in [4.78, 5) is 14.9. The third kappa shape index (κ3) is 3.94. The van der Waals surface area contributed by atoms with E-state index in [0.29, 0.717) is 16.6 Å². The van der Waals surface area contributed by atoms with Crippen molar-refractivity contribution in [3.05, 3.63) is 38.3 Å². The maximum atomic E-state index is 10.5. The second kappa shape index (κ2) is 6.56. The number of hydrogen-bond donors (Lipinski definition) is 2. The van der Waals surface area contributed by atoms with E-state index < -0.39 is 5.97 Å². The van der Waals surface area contributed by atoms with Gasteiger partial charge in [-0.1, -0.05) is 11.6 Å². The topological polar surface area (TPSA) is 62.2 Å². The first-order chi connectivity index (χ1) is 9.45. The molecule has 106 valence electrons. The molecule has 7 heteroatoms. The Morgan fingerprint density at radius 3 is 3.00 bits per heavy atom. The molecular weight excluding hydrogens is 364 g/mol. The van der Waals surface area contributed by atoms with Crippen LogP contribution >= 0.6 is 38.9 Å². The Hall–Kier alpha value is -1.11. The molecular formula is C13H12BrClN2O2S. The fourth-order valence-electron chi connectivity index (χ4n) is 1.57. The molecule has 2 rings (SSSR count). The fourth-order valence-corrected chi connectivity index (χ4v) is 3.05. The van der Waals surface area contributed by atoms with Gasteiger partial charge in [-0.25, -0.2) is 4.98 Å². The predicted octanol–water partition coefficient (Wildman–Crippen LogP) is 4.63. The summed E-state index contributed by atoms with van der Waals surface area (Å²) in [5.41, 5.74) is 2.60. The number of rotatable bonds is 5. The van der Waals surface area contributed by atoms with Crippen molar-refractivity contribution < 1.29 is 9.90 Å². The number of aryl methyl sites for hydroxylation is 2. The van der Waals surface area contributed by atoms with Crippen LogP contribution in [0.4, 0.5) is 10.8 Å². The van der Waals surface area contributed by atoms with Crippen molar-refractivity contribution >= 4 is 55.7 Å². The number of carboxylic acids is 1. The summed E-state index contributed by atoms with van der Waals surface area (Å²) >= 11 is 11.0. The molecule has 4 nitrogen and oxygen atoms in total. The number of aliphatic carboxylic acids is 1. The Morgan fingerprint density at radius 1 is 1.55 bits per heavy atom. The van der Waals surface area contributed by atoms with E-state index in [4.69, 9.17) is 16.7 Å². The van der Waals surface area contributed by atoms with Gasteiger partial charge in [0, 0.05) is 21.3 Å². The molecule has 0 saturated carbocycles. The summed E-state index contributed by atoms with van der Waals surface area (Å²) in [7, 11) is 0. The average Bonchev–Trinajstić information content (AvgIpc) is 2.81. The number of aromatic nitrogens is 1.